The van der Waals surface area contributed by atoms with Crippen LogP contribution in [0.5, 0.6) is 11.5 Å². The third-order valence-corrected chi connectivity index (χ3v) is 4.72. The van der Waals surface area contributed by atoms with E-state index in [2.05, 4.69) is 31.3 Å². The number of hydrogen-bond donors (Lipinski definition) is 1. The summed E-state index contributed by atoms with van der Waals surface area (Å²) in [4.78, 5) is 0. The van der Waals surface area contributed by atoms with Crippen molar-refractivity contribution in [3.8, 4) is 11.5 Å². The SMILES string of the molecule is CCC1(CC)COC(c2ccc3c(c2)OCCCO3)CN1. The molecule has 21 heavy (non-hydrogen) atoms. The van der Waals surface area contributed by atoms with E-state index in [0.717, 1.165) is 62.7 Å². The molecule has 0 saturated carbocycles. The molecule has 1 aromatic carbocycles. The molecule has 1 N–H and O–H groups in total. The molecule has 3 rings (SSSR count). The Labute approximate surface area is 126 Å². The van der Waals surface area contributed by atoms with Gasteiger partial charge in [-0.3, -0.25) is 0 Å². The molecule has 1 fully saturated rings. The Kier molecular flexibility index (Phi) is 4.36. The van der Waals surface area contributed by atoms with Gasteiger partial charge in [-0.25, -0.2) is 0 Å². The lowest BCUT2D eigenvalue weighted by atomic mass is 9.91. The van der Waals surface area contributed by atoms with Gasteiger partial charge >= 0.3 is 0 Å². The van der Waals surface area contributed by atoms with Crippen molar-refractivity contribution < 1.29 is 14.2 Å². The minimum atomic E-state index is 0.0911. The highest BCUT2D eigenvalue weighted by Crippen LogP contribution is 2.35. The van der Waals surface area contributed by atoms with Gasteiger partial charge in [0.05, 0.1) is 25.9 Å². The molecule has 1 saturated heterocycles. The van der Waals surface area contributed by atoms with Gasteiger partial charge in [-0.1, -0.05) is 19.9 Å². The minimum absolute atomic E-state index is 0.0911. The second-order valence-electron chi connectivity index (χ2n) is 5.92. The highest BCUT2D eigenvalue weighted by atomic mass is 16.5. The first kappa shape index (κ1) is 14.7. The molecule has 4 nitrogen and oxygen atoms in total. The minimum Gasteiger partial charge on any atom is -0.490 e. The summed E-state index contributed by atoms with van der Waals surface area (Å²) in [6, 6.07) is 6.16. The normalized spacial score (nSPS) is 24.4. The van der Waals surface area contributed by atoms with Crippen LogP contribution in [0, 0.1) is 0 Å². The topological polar surface area (TPSA) is 39.7 Å². The molecule has 0 bridgehead atoms. The van der Waals surface area contributed by atoms with Crippen LogP contribution in [0.1, 0.15) is 44.8 Å². The fourth-order valence-electron chi connectivity index (χ4n) is 2.98. The van der Waals surface area contributed by atoms with Gasteiger partial charge < -0.3 is 19.5 Å². The maximum atomic E-state index is 6.13. The summed E-state index contributed by atoms with van der Waals surface area (Å²) in [7, 11) is 0. The maximum absolute atomic E-state index is 6.13. The summed E-state index contributed by atoms with van der Waals surface area (Å²) < 4.78 is 17.6. The van der Waals surface area contributed by atoms with Gasteiger partial charge in [-0.05, 0) is 30.5 Å². The summed E-state index contributed by atoms with van der Waals surface area (Å²) in [6.45, 7) is 7.49. The molecule has 0 radical (unpaired) electrons. The van der Waals surface area contributed by atoms with E-state index in [1.165, 1.54) is 0 Å². The molecule has 0 spiro atoms. The van der Waals surface area contributed by atoms with Gasteiger partial charge in [0.2, 0.25) is 0 Å². The van der Waals surface area contributed by atoms with Crippen LogP contribution in [0.15, 0.2) is 18.2 Å². The van der Waals surface area contributed by atoms with Crippen LogP contribution < -0.4 is 14.8 Å². The fourth-order valence-corrected chi connectivity index (χ4v) is 2.98. The predicted octanol–water partition coefficient (Wildman–Crippen LogP) is 3.07. The van der Waals surface area contributed by atoms with E-state index in [-0.39, 0.29) is 11.6 Å². The van der Waals surface area contributed by atoms with Crippen molar-refractivity contribution in [2.45, 2.75) is 44.8 Å². The number of ether oxygens (including phenoxy) is 3. The Hall–Kier alpha value is -1.26. The molecule has 1 aromatic rings. The molecule has 116 valence electrons. The molecule has 2 heterocycles. The van der Waals surface area contributed by atoms with Crippen molar-refractivity contribution >= 4 is 0 Å². The molecule has 0 amide bonds. The summed E-state index contributed by atoms with van der Waals surface area (Å²) >= 11 is 0. The van der Waals surface area contributed by atoms with E-state index >= 15 is 0 Å². The van der Waals surface area contributed by atoms with Crippen molar-refractivity contribution in [1.82, 2.24) is 5.32 Å². The molecule has 2 aliphatic heterocycles. The number of morpholine rings is 1. The zero-order valence-corrected chi connectivity index (χ0v) is 13.0. The number of benzene rings is 1. The summed E-state index contributed by atoms with van der Waals surface area (Å²) in [6.07, 6.45) is 3.21. The lowest BCUT2D eigenvalue weighted by Crippen LogP contribution is -2.54. The average Bonchev–Trinajstić information content (AvgIpc) is 2.79. The molecule has 1 atom stereocenters. The number of fused-ring (bicyclic) bond motifs is 1. The van der Waals surface area contributed by atoms with E-state index in [0.29, 0.717) is 0 Å². The van der Waals surface area contributed by atoms with E-state index in [1.54, 1.807) is 0 Å². The van der Waals surface area contributed by atoms with Crippen LogP contribution in [0.2, 0.25) is 0 Å². The van der Waals surface area contributed by atoms with Gasteiger partial charge in [0, 0.05) is 18.5 Å². The zero-order valence-electron chi connectivity index (χ0n) is 13.0. The molecule has 0 aliphatic carbocycles. The maximum Gasteiger partial charge on any atom is 0.161 e. The van der Waals surface area contributed by atoms with Crippen molar-refractivity contribution in [1.29, 1.82) is 0 Å². The van der Waals surface area contributed by atoms with Gasteiger partial charge in [-0.2, -0.15) is 0 Å². The van der Waals surface area contributed by atoms with E-state index in [4.69, 9.17) is 14.2 Å². The highest BCUT2D eigenvalue weighted by molar-refractivity contribution is 5.44. The quantitative estimate of drug-likeness (QED) is 0.929. The third kappa shape index (κ3) is 3.01. The van der Waals surface area contributed by atoms with Gasteiger partial charge in [0.25, 0.3) is 0 Å². The lowest BCUT2D eigenvalue weighted by molar-refractivity contribution is -0.0375. The number of hydrogen-bond acceptors (Lipinski definition) is 4. The van der Waals surface area contributed by atoms with E-state index < -0.39 is 0 Å². The Balaban J connectivity index is 1.72. The van der Waals surface area contributed by atoms with Crippen LogP contribution in [0.3, 0.4) is 0 Å². The van der Waals surface area contributed by atoms with Gasteiger partial charge in [-0.15, -0.1) is 0 Å². The first-order chi connectivity index (χ1) is 10.3. The number of rotatable bonds is 3. The molecular formula is C17H25NO3. The highest BCUT2D eigenvalue weighted by Gasteiger charge is 2.33. The average molecular weight is 291 g/mol. The van der Waals surface area contributed by atoms with Crippen LogP contribution in [-0.4, -0.2) is 31.9 Å². The summed E-state index contributed by atoms with van der Waals surface area (Å²) in [5.41, 5.74) is 1.30. The second-order valence-corrected chi connectivity index (χ2v) is 5.92. The van der Waals surface area contributed by atoms with Crippen molar-refractivity contribution in [2.24, 2.45) is 0 Å². The van der Waals surface area contributed by atoms with Crippen LogP contribution >= 0.6 is 0 Å². The van der Waals surface area contributed by atoms with E-state index in [1.807, 2.05) is 6.07 Å². The Bertz CT molecular complexity index is 475. The second kappa shape index (κ2) is 6.24. The van der Waals surface area contributed by atoms with E-state index in [9.17, 15) is 0 Å². The lowest BCUT2D eigenvalue weighted by Gasteiger charge is -2.40. The Morgan fingerprint density at radius 3 is 2.57 bits per heavy atom. The molecular weight excluding hydrogens is 266 g/mol. The van der Waals surface area contributed by atoms with Gasteiger partial charge in [0.15, 0.2) is 11.5 Å². The van der Waals surface area contributed by atoms with Crippen LogP contribution in [-0.2, 0) is 4.74 Å². The van der Waals surface area contributed by atoms with Crippen LogP contribution in [0.25, 0.3) is 0 Å². The monoisotopic (exact) mass is 291 g/mol. The zero-order chi connectivity index (χ0) is 14.7. The largest absolute Gasteiger partial charge is 0.490 e. The fraction of sp³-hybridized carbons (Fsp3) is 0.647. The van der Waals surface area contributed by atoms with Crippen molar-refractivity contribution in [2.75, 3.05) is 26.4 Å². The summed E-state index contributed by atoms with van der Waals surface area (Å²) in [5.74, 6) is 1.69. The molecule has 1 unspecified atom stereocenters. The molecule has 4 heteroatoms. The first-order valence-corrected chi connectivity index (χ1v) is 8.02. The molecule has 0 aromatic heterocycles. The Morgan fingerprint density at radius 2 is 1.90 bits per heavy atom. The smallest absolute Gasteiger partial charge is 0.161 e. The van der Waals surface area contributed by atoms with Crippen molar-refractivity contribution in [3.05, 3.63) is 23.8 Å². The first-order valence-electron chi connectivity index (χ1n) is 8.02. The predicted molar refractivity (Wildman–Crippen MR) is 82.1 cm³/mol. The number of nitrogens with one attached hydrogen (secondary N) is 1. The Morgan fingerprint density at radius 1 is 1.14 bits per heavy atom. The van der Waals surface area contributed by atoms with Gasteiger partial charge in [0.1, 0.15) is 0 Å². The van der Waals surface area contributed by atoms with Crippen LogP contribution in [0.4, 0.5) is 0 Å². The molecule has 2 aliphatic rings. The third-order valence-electron chi connectivity index (χ3n) is 4.72. The summed E-state index contributed by atoms with van der Waals surface area (Å²) in [5, 5.41) is 3.68. The standard InChI is InChI=1S/C17H25NO3/c1-3-17(4-2)12-21-16(11-18-17)13-6-7-14-15(10-13)20-9-5-8-19-14/h6-7,10,16,18H,3-5,8-9,11-12H2,1-2H3. The van der Waals surface area contributed by atoms with Crippen molar-refractivity contribution in [3.63, 3.8) is 0 Å².